The number of piperidine rings is 1. The second kappa shape index (κ2) is 5.99. The molecule has 1 atom stereocenters. The van der Waals surface area contributed by atoms with Gasteiger partial charge in [-0.25, -0.2) is 4.98 Å². The molecule has 1 N–H and O–H groups in total. The quantitative estimate of drug-likeness (QED) is 0.807. The third-order valence-electron chi connectivity index (χ3n) is 4.55. The summed E-state index contributed by atoms with van der Waals surface area (Å²) in [5, 5.41) is 8.51. The molecule has 0 amide bonds. The maximum absolute atomic E-state index is 4.71. The van der Waals surface area contributed by atoms with Crippen LogP contribution < -0.4 is 4.90 Å². The van der Waals surface area contributed by atoms with E-state index in [1.54, 1.807) is 0 Å². The first kappa shape index (κ1) is 14.2. The molecule has 1 unspecified atom stereocenters. The number of rotatable bonds is 3. The minimum atomic E-state index is 0.604. The zero-order valence-electron chi connectivity index (χ0n) is 13.4. The van der Waals surface area contributed by atoms with Gasteiger partial charge in [-0.05, 0) is 49.9 Å². The number of nitrogens with one attached hydrogen (secondary N) is 1. The molecule has 0 spiro atoms. The normalized spacial score (nSPS) is 18.5. The number of aryl methyl sites for hydroxylation is 1. The minimum Gasteiger partial charge on any atom is -0.355 e. The SMILES string of the molecule is Cc1ccc(N2CCCC(Cc3nc4ccccc4[nH]3)C2)nn1. The Hall–Kier alpha value is -2.43. The maximum Gasteiger partial charge on any atom is 0.151 e. The molecule has 118 valence electrons. The van der Waals surface area contributed by atoms with Crippen molar-refractivity contribution in [1.29, 1.82) is 0 Å². The van der Waals surface area contributed by atoms with Crippen molar-refractivity contribution in [1.82, 2.24) is 20.2 Å². The van der Waals surface area contributed by atoms with Gasteiger partial charge in [-0.15, -0.1) is 5.10 Å². The number of imidazole rings is 1. The lowest BCUT2D eigenvalue weighted by atomic mass is 9.94. The van der Waals surface area contributed by atoms with Crippen LogP contribution in [0.15, 0.2) is 36.4 Å². The van der Waals surface area contributed by atoms with Gasteiger partial charge in [0.2, 0.25) is 0 Å². The summed E-state index contributed by atoms with van der Waals surface area (Å²) < 4.78 is 0. The summed E-state index contributed by atoms with van der Waals surface area (Å²) in [4.78, 5) is 10.5. The molecule has 5 nitrogen and oxygen atoms in total. The van der Waals surface area contributed by atoms with Gasteiger partial charge in [0, 0.05) is 19.5 Å². The Bertz CT molecular complexity index is 760. The molecule has 1 aromatic carbocycles. The zero-order valence-corrected chi connectivity index (χ0v) is 13.4. The van der Waals surface area contributed by atoms with Crippen LogP contribution in [0.5, 0.6) is 0 Å². The molecule has 4 rings (SSSR count). The van der Waals surface area contributed by atoms with Gasteiger partial charge >= 0.3 is 0 Å². The molecule has 0 bridgehead atoms. The number of H-pyrrole nitrogens is 1. The lowest BCUT2D eigenvalue weighted by Gasteiger charge is -2.33. The second-order valence-corrected chi connectivity index (χ2v) is 6.39. The Morgan fingerprint density at radius 1 is 1.17 bits per heavy atom. The highest BCUT2D eigenvalue weighted by molar-refractivity contribution is 5.74. The first-order chi connectivity index (χ1) is 11.3. The predicted octanol–water partition coefficient (Wildman–Crippen LogP) is 3.12. The van der Waals surface area contributed by atoms with Gasteiger partial charge < -0.3 is 9.88 Å². The van der Waals surface area contributed by atoms with Crippen LogP contribution in [0, 0.1) is 12.8 Å². The minimum absolute atomic E-state index is 0.604. The highest BCUT2D eigenvalue weighted by Gasteiger charge is 2.22. The molecular weight excluding hydrogens is 286 g/mol. The summed E-state index contributed by atoms with van der Waals surface area (Å²) in [5.41, 5.74) is 3.14. The van der Waals surface area contributed by atoms with E-state index in [1.807, 2.05) is 25.1 Å². The number of aromatic nitrogens is 4. The van der Waals surface area contributed by atoms with Crippen molar-refractivity contribution >= 4 is 16.9 Å². The molecule has 0 radical (unpaired) electrons. The Kier molecular flexibility index (Phi) is 3.69. The summed E-state index contributed by atoms with van der Waals surface area (Å²) in [6.07, 6.45) is 3.43. The molecule has 2 aromatic heterocycles. The Morgan fingerprint density at radius 3 is 2.91 bits per heavy atom. The van der Waals surface area contributed by atoms with Crippen LogP contribution in [0.25, 0.3) is 11.0 Å². The Morgan fingerprint density at radius 2 is 2.09 bits per heavy atom. The van der Waals surface area contributed by atoms with E-state index in [-0.39, 0.29) is 0 Å². The number of aromatic amines is 1. The molecule has 1 saturated heterocycles. The van der Waals surface area contributed by atoms with Crippen molar-refractivity contribution in [3.05, 3.63) is 47.9 Å². The largest absolute Gasteiger partial charge is 0.355 e. The van der Waals surface area contributed by atoms with Crippen LogP contribution in [0.4, 0.5) is 5.82 Å². The molecule has 3 heterocycles. The van der Waals surface area contributed by atoms with Crippen LogP contribution in [0.2, 0.25) is 0 Å². The molecule has 1 aliphatic rings. The van der Waals surface area contributed by atoms with E-state index in [0.29, 0.717) is 5.92 Å². The predicted molar refractivity (Wildman–Crippen MR) is 91.5 cm³/mol. The van der Waals surface area contributed by atoms with Crippen LogP contribution >= 0.6 is 0 Å². The highest BCUT2D eigenvalue weighted by Crippen LogP contribution is 2.24. The molecule has 0 saturated carbocycles. The average molecular weight is 307 g/mol. The van der Waals surface area contributed by atoms with Gasteiger partial charge in [0.15, 0.2) is 5.82 Å². The van der Waals surface area contributed by atoms with Crippen molar-refractivity contribution in [3.63, 3.8) is 0 Å². The topological polar surface area (TPSA) is 57.7 Å². The zero-order chi connectivity index (χ0) is 15.6. The standard InChI is InChI=1S/C18H21N5/c1-13-8-9-18(22-21-13)23-10-4-5-14(12-23)11-17-19-15-6-2-3-7-16(15)20-17/h2-3,6-9,14H,4-5,10-12H2,1H3,(H,19,20). The number of anilines is 1. The smallest absolute Gasteiger partial charge is 0.151 e. The fourth-order valence-corrected chi connectivity index (χ4v) is 3.38. The van der Waals surface area contributed by atoms with E-state index in [9.17, 15) is 0 Å². The number of hydrogen-bond acceptors (Lipinski definition) is 4. The van der Waals surface area contributed by atoms with Gasteiger partial charge in [-0.2, -0.15) is 5.10 Å². The summed E-state index contributed by atoms with van der Waals surface area (Å²) in [6.45, 7) is 4.06. The lowest BCUT2D eigenvalue weighted by molar-refractivity contribution is 0.405. The molecule has 5 heteroatoms. The van der Waals surface area contributed by atoms with Crippen molar-refractivity contribution in [2.24, 2.45) is 5.92 Å². The average Bonchev–Trinajstić information content (AvgIpc) is 2.98. The van der Waals surface area contributed by atoms with Gasteiger partial charge in [-0.3, -0.25) is 0 Å². The first-order valence-electron chi connectivity index (χ1n) is 8.27. The van der Waals surface area contributed by atoms with E-state index in [1.165, 1.54) is 12.8 Å². The van der Waals surface area contributed by atoms with Crippen molar-refractivity contribution in [3.8, 4) is 0 Å². The van der Waals surface area contributed by atoms with Gasteiger partial charge in [0.05, 0.1) is 16.7 Å². The van der Waals surface area contributed by atoms with Crippen LogP contribution in [0.1, 0.15) is 24.4 Å². The van der Waals surface area contributed by atoms with Gasteiger partial charge in [0.1, 0.15) is 5.82 Å². The molecular formula is C18H21N5. The number of nitrogens with zero attached hydrogens (tertiary/aromatic N) is 4. The van der Waals surface area contributed by atoms with E-state index < -0.39 is 0 Å². The lowest BCUT2D eigenvalue weighted by Crippen LogP contribution is -2.37. The van der Waals surface area contributed by atoms with Gasteiger partial charge in [0.25, 0.3) is 0 Å². The highest BCUT2D eigenvalue weighted by atomic mass is 15.3. The maximum atomic E-state index is 4.71. The second-order valence-electron chi connectivity index (χ2n) is 6.39. The van der Waals surface area contributed by atoms with Crippen molar-refractivity contribution < 1.29 is 0 Å². The van der Waals surface area contributed by atoms with E-state index in [4.69, 9.17) is 4.98 Å². The summed E-state index contributed by atoms with van der Waals surface area (Å²) in [7, 11) is 0. The van der Waals surface area contributed by atoms with Crippen molar-refractivity contribution in [2.45, 2.75) is 26.2 Å². The molecule has 1 aliphatic heterocycles. The van der Waals surface area contributed by atoms with Gasteiger partial charge in [-0.1, -0.05) is 12.1 Å². The third kappa shape index (κ3) is 3.04. The van der Waals surface area contributed by atoms with Crippen molar-refractivity contribution in [2.75, 3.05) is 18.0 Å². The fraction of sp³-hybridized carbons (Fsp3) is 0.389. The number of fused-ring (bicyclic) bond motifs is 1. The number of hydrogen-bond donors (Lipinski definition) is 1. The summed E-state index contributed by atoms with van der Waals surface area (Å²) in [5.74, 6) is 2.69. The number of para-hydroxylation sites is 2. The van der Waals surface area contributed by atoms with Crippen LogP contribution in [0.3, 0.4) is 0 Å². The van der Waals surface area contributed by atoms with Crippen LogP contribution in [-0.4, -0.2) is 33.3 Å². The summed E-state index contributed by atoms with van der Waals surface area (Å²) >= 11 is 0. The van der Waals surface area contributed by atoms with E-state index in [0.717, 1.165) is 47.9 Å². The van der Waals surface area contributed by atoms with E-state index in [2.05, 4.69) is 38.3 Å². The summed E-state index contributed by atoms with van der Waals surface area (Å²) in [6, 6.07) is 12.3. The van der Waals surface area contributed by atoms with Crippen LogP contribution in [-0.2, 0) is 6.42 Å². The fourth-order valence-electron chi connectivity index (χ4n) is 3.38. The number of benzene rings is 1. The third-order valence-corrected chi connectivity index (χ3v) is 4.55. The molecule has 1 fully saturated rings. The molecule has 23 heavy (non-hydrogen) atoms. The Balaban J connectivity index is 1.47. The first-order valence-corrected chi connectivity index (χ1v) is 8.27. The Labute approximate surface area is 135 Å². The molecule has 3 aromatic rings. The van der Waals surface area contributed by atoms with E-state index >= 15 is 0 Å². The molecule has 0 aliphatic carbocycles. The monoisotopic (exact) mass is 307 g/mol.